The molecule has 0 bridgehead atoms. The van der Waals surface area contributed by atoms with Crippen molar-refractivity contribution < 1.29 is 30.8 Å². The Kier molecular flexibility index (Phi) is 6.19. The van der Waals surface area contributed by atoms with E-state index < -0.39 is 39.4 Å². The Morgan fingerprint density at radius 1 is 1.13 bits per heavy atom. The fraction of sp³-hybridized carbons (Fsp3) is 0.350. The van der Waals surface area contributed by atoms with Crippen LogP contribution in [0.25, 0.3) is 0 Å². The Morgan fingerprint density at radius 2 is 1.80 bits per heavy atom. The number of nitrogens with one attached hydrogen (secondary N) is 1. The standard InChI is InChI=1S/C20H20F4N2O3S/c1-13-4-7-16(8-5-13)30(28,29)26-10-2-3-14(12-26)19(27)25-15-6-9-18(21)17(11-15)20(22,23)24/h4-9,11,14H,2-3,10,12H2,1H3,(H,25,27)/t14-/m1/s1. The molecule has 2 aromatic carbocycles. The minimum atomic E-state index is -4.89. The van der Waals surface area contributed by atoms with Crippen LogP contribution in [0.4, 0.5) is 23.2 Å². The van der Waals surface area contributed by atoms with Crippen molar-refractivity contribution >= 4 is 21.6 Å². The van der Waals surface area contributed by atoms with Crippen molar-refractivity contribution in [3.8, 4) is 0 Å². The lowest BCUT2D eigenvalue weighted by Crippen LogP contribution is -2.43. The Hall–Kier alpha value is -2.46. The van der Waals surface area contributed by atoms with Gasteiger partial charge in [-0.1, -0.05) is 17.7 Å². The molecule has 1 aliphatic rings. The summed E-state index contributed by atoms with van der Waals surface area (Å²) in [5.74, 6) is -2.79. The molecule has 30 heavy (non-hydrogen) atoms. The van der Waals surface area contributed by atoms with E-state index in [1.165, 1.54) is 16.4 Å². The van der Waals surface area contributed by atoms with E-state index in [1.807, 2.05) is 6.92 Å². The predicted molar refractivity (Wildman–Crippen MR) is 103 cm³/mol. The number of rotatable bonds is 4. The van der Waals surface area contributed by atoms with Gasteiger partial charge in [-0.2, -0.15) is 17.5 Å². The molecule has 0 radical (unpaired) electrons. The first-order valence-electron chi connectivity index (χ1n) is 9.23. The summed E-state index contributed by atoms with van der Waals surface area (Å²) in [5.41, 5.74) is -0.776. The van der Waals surface area contributed by atoms with Gasteiger partial charge in [-0.15, -0.1) is 0 Å². The molecule has 0 saturated carbocycles. The van der Waals surface area contributed by atoms with Crippen LogP contribution in [-0.4, -0.2) is 31.7 Å². The Labute approximate surface area is 171 Å². The SMILES string of the molecule is Cc1ccc(S(=O)(=O)N2CCC[C@@H](C(=O)Nc3ccc(F)c(C(F)(F)F)c3)C2)cc1. The lowest BCUT2D eigenvalue weighted by atomic mass is 9.98. The van der Waals surface area contributed by atoms with Crippen LogP contribution in [0, 0.1) is 18.7 Å². The third-order valence-electron chi connectivity index (χ3n) is 4.95. The second kappa shape index (κ2) is 8.35. The van der Waals surface area contributed by atoms with Crippen molar-refractivity contribution in [2.75, 3.05) is 18.4 Å². The van der Waals surface area contributed by atoms with Crippen molar-refractivity contribution in [1.29, 1.82) is 0 Å². The van der Waals surface area contributed by atoms with Gasteiger partial charge in [-0.3, -0.25) is 4.79 Å². The molecule has 1 fully saturated rings. The van der Waals surface area contributed by atoms with Crippen LogP contribution in [0.5, 0.6) is 0 Å². The van der Waals surface area contributed by atoms with E-state index in [2.05, 4.69) is 5.32 Å². The largest absolute Gasteiger partial charge is 0.419 e. The molecule has 1 atom stereocenters. The van der Waals surface area contributed by atoms with Crippen molar-refractivity contribution in [2.45, 2.75) is 30.8 Å². The minimum Gasteiger partial charge on any atom is -0.326 e. The molecule has 0 aliphatic carbocycles. The lowest BCUT2D eigenvalue weighted by Gasteiger charge is -2.31. The Balaban J connectivity index is 1.74. The van der Waals surface area contributed by atoms with Gasteiger partial charge in [0.05, 0.1) is 16.4 Å². The van der Waals surface area contributed by atoms with E-state index in [1.54, 1.807) is 12.1 Å². The summed E-state index contributed by atoms with van der Waals surface area (Å²) in [7, 11) is -3.79. The smallest absolute Gasteiger partial charge is 0.326 e. The zero-order valence-electron chi connectivity index (χ0n) is 16.0. The van der Waals surface area contributed by atoms with Crippen molar-refractivity contribution in [3.63, 3.8) is 0 Å². The zero-order valence-corrected chi connectivity index (χ0v) is 16.9. The molecule has 3 rings (SSSR count). The number of carbonyl (C=O) groups excluding carboxylic acids is 1. The number of nitrogens with zero attached hydrogens (tertiary/aromatic N) is 1. The zero-order chi connectivity index (χ0) is 22.1. The monoisotopic (exact) mass is 444 g/mol. The average Bonchev–Trinajstić information content (AvgIpc) is 2.69. The average molecular weight is 444 g/mol. The van der Waals surface area contributed by atoms with E-state index in [4.69, 9.17) is 0 Å². The first-order valence-corrected chi connectivity index (χ1v) is 10.7. The highest BCUT2D eigenvalue weighted by Gasteiger charge is 2.36. The van der Waals surface area contributed by atoms with E-state index in [0.717, 1.165) is 11.6 Å². The number of hydrogen-bond donors (Lipinski definition) is 1. The summed E-state index contributed by atoms with van der Waals surface area (Å²) < 4.78 is 78.9. The number of amides is 1. The highest BCUT2D eigenvalue weighted by atomic mass is 32.2. The summed E-state index contributed by atoms with van der Waals surface area (Å²) in [5, 5.41) is 2.34. The minimum absolute atomic E-state index is 0.0879. The first kappa shape index (κ1) is 22.2. The molecule has 10 heteroatoms. The summed E-state index contributed by atoms with van der Waals surface area (Å²) in [6, 6.07) is 8.52. The molecule has 1 amide bonds. The van der Waals surface area contributed by atoms with Gasteiger partial charge in [0.15, 0.2) is 0 Å². The van der Waals surface area contributed by atoms with Crippen molar-refractivity contribution in [3.05, 3.63) is 59.4 Å². The maximum Gasteiger partial charge on any atom is 0.419 e. The first-order chi connectivity index (χ1) is 14.0. The van der Waals surface area contributed by atoms with Gasteiger partial charge >= 0.3 is 6.18 Å². The Bertz CT molecular complexity index is 1040. The quantitative estimate of drug-likeness (QED) is 0.719. The van der Waals surface area contributed by atoms with Crippen LogP contribution in [0.2, 0.25) is 0 Å². The van der Waals surface area contributed by atoms with Gasteiger partial charge in [0, 0.05) is 18.8 Å². The molecule has 2 aromatic rings. The molecule has 162 valence electrons. The topological polar surface area (TPSA) is 66.5 Å². The fourth-order valence-corrected chi connectivity index (χ4v) is 4.82. The number of carbonyl (C=O) groups is 1. The van der Waals surface area contributed by atoms with Crippen LogP contribution < -0.4 is 5.32 Å². The number of benzene rings is 2. The molecule has 1 aliphatic heterocycles. The molecule has 1 saturated heterocycles. The van der Waals surface area contributed by atoms with Crippen LogP contribution in [-0.2, 0) is 21.0 Å². The molecule has 0 aromatic heterocycles. The second-order valence-corrected chi connectivity index (χ2v) is 9.13. The summed E-state index contributed by atoms with van der Waals surface area (Å²) in [6.45, 7) is 1.99. The normalized spacial score (nSPS) is 18.2. The predicted octanol–water partition coefficient (Wildman–Crippen LogP) is 4.19. The number of hydrogen-bond acceptors (Lipinski definition) is 3. The maximum absolute atomic E-state index is 13.4. The Morgan fingerprint density at radius 3 is 2.43 bits per heavy atom. The van der Waals surface area contributed by atoms with Crippen LogP contribution in [0.3, 0.4) is 0 Å². The highest BCUT2D eigenvalue weighted by molar-refractivity contribution is 7.89. The summed E-state index contributed by atoms with van der Waals surface area (Å²) in [4.78, 5) is 12.7. The molecular weight excluding hydrogens is 424 g/mol. The number of piperidine rings is 1. The van der Waals surface area contributed by atoms with Crippen molar-refractivity contribution in [2.24, 2.45) is 5.92 Å². The number of halogens is 4. The number of aryl methyl sites for hydroxylation is 1. The van der Waals surface area contributed by atoms with E-state index >= 15 is 0 Å². The maximum atomic E-state index is 13.4. The van der Waals surface area contributed by atoms with Gasteiger partial charge < -0.3 is 5.32 Å². The number of sulfonamides is 1. The molecule has 0 unspecified atom stereocenters. The van der Waals surface area contributed by atoms with Gasteiger partial charge in [0.2, 0.25) is 15.9 Å². The second-order valence-electron chi connectivity index (χ2n) is 7.20. The third kappa shape index (κ3) is 4.81. The third-order valence-corrected chi connectivity index (χ3v) is 6.83. The van der Waals surface area contributed by atoms with Gasteiger partial charge in [-0.25, -0.2) is 12.8 Å². The highest BCUT2D eigenvalue weighted by Crippen LogP contribution is 2.33. The fourth-order valence-electron chi connectivity index (χ4n) is 3.30. The van der Waals surface area contributed by atoms with E-state index in [-0.39, 0.29) is 23.7 Å². The van der Waals surface area contributed by atoms with Crippen LogP contribution in [0.15, 0.2) is 47.4 Å². The molecule has 1 heterocycles. The summed E-state index contributed by atoms with van der Waals surface area (Å²) >= 11 is 0. The van der Waals surface area contributed by atoms with E-state index in [9.17, 15) is 30.8 Å². The molecule has 5 nitrogen and oxygen atoms in total. The summed E-state index contributed by atoms with van der Waals surface area (Å²) in [6.07, 6.45) is -4.08. The van der Waals surface area contributed by atoms with Crippen LogP contribution >= 0.6 is 0 Å². The van der Waals surface area contributed by atoms with Gasteiger partial charge in [-0.05, 0) is 50.1 Å². The lowest BCUT2D eigenvalue weighted by molar-refractivity contribution is -0.140. The van der Waals surface area contributed by atoms with Crippen molar-refractivity contribution in [1.82, 2.24) is 4.31 Å². The van der Waals surface area contributed by atoms with Gasteiger partial charge in [0.1, 0.15) is 5.82 Å². The molecule has 1 N–H and O–H groups in total. The molecule has 0 spiro atoms. The molecular formula is C20H20F4N2O3S. The van der Waals surface area contributed by atoms with E-state index in [0.29, 0.717) is 25.0 Å². The number of alkyl halides is 3. The van der Waals surface area contributed by atoms with Crippen LogP contribution in [0.1, 0.15) is 24.0 Å². The number of anilines is 1. The van der Waals surface area contributed by atoms with Gasteiger partial charge in [0.25, 0.3) is 0 Å².